The number of carbonyl (C=O) groups is 1. The van der Waals surface area contributed by atoms with Crippen molar-refractivity contribution in [1.82, 2.24) is 15.1 Å². The maximum Gasteiger partial charge on any atom is 0.252 e. The first kappa shape index (κ1) is 16.2. The highest BCUT2D eigenvalue weighted by Gasteiger charge is 2.22. The van der Waals surface area contributed by atoms with E-state index in [-0.39, 0.29) is 5.91 Å². The molecule has 0 spiro atoms. The summed E-state index contributed by atoms with van der Waals surface area (Å²) in [5, 5.41) is 9.56. The third kappa shape index (κ3) is 3.66. The van der Waals surface area contributed by atoms with Gasteiger partial charge in [0.15, 0.2) is 0 Å². The van der Waals surface area contributed by atoms with E-state index in [2.05, 4.69) is 30.3 Å². The number of fused-ring (bicyclic) bond motifs is 1. The second kappa shape index (κ2) is 6.87. The van der Waals surface area contributed by atoms with Crippen LogP contribution in [-0.2, 0) is 19.4 Å². The molecule has 23 heavy (non-hydrogen) atoms. The standard InChI is InChI=1S/C18H25N3OS/c1-12-5-6-15-16(11-23-17(15)9-12)18(22)19-7-4-8-21-14(3)10-13(2)20-21/h10-12H,4-9H2,1-3H3,(H,19,22). The fraction of sp³-hybridized carbons (Fsp3) is 0.556. The lowest BCUT2D eigenvalue weighted by atomic mass is 9.88. The lowest BCUT2D eigenvalue weighted by Crippen LogP contribution is -2.26. The Labute approximate surface area is 141 Å². The van der Waals surface area contributed by atoms with Crippen molar-refractivity contribution < 1.29 is 4.79 Å². The van der Waals surface area contributed by atoms with Crippen LogP contribution in [0.4, 0.5) is 0 Å². The van der Waals surface area contributed by atoms with Crippen LogP contribution in [0.2, 0.25) is 0 Å². The van der Waals surface area contributed by atoms with E-state index in [0.29, 0.717) is 6.54 Å². The molecule has 1 unspecified atom stereocenters. The van der Waals surface area contributed by atoms with Gasteiger partial charge in [0.25, 0.3) is 5.91 Å². The molecule has 0 bridgehead atoms. The van der Waals surface area contributed by atoms with E-state index >= 15 is 0 Å². The topological polar surface area (TPSA) is 46.9 Å². The molecule has 5 heteroatoms. The van der Waals surface area contributed by atoms with Crippen molar-refractivity contribution in [3.8, 4) is 0 Å². The molecule has 0 saturated heterocycles. The second-order valence-electron chi connectivity index (χ2n) is 6.66. The number of nitrogens with one attached hydrogen (secondary N) is 1. The van der Waals surface area contributed by atoms with E-state index in [1.54, 1.807) is 11.3 Å². The Balaban J connectivity index is 1.51. The number of amides is 1. The van der Waals surface area contributed by atoms with E-state index in [0.717, 1.165) is 43.0 Å². The lowest BCUT2D eigenvalue weighted by molar-refractivity contribution is 0.0951. The number of hydrogen-bond donors (Lipinski definition) is 1. The fourth-order valence-electron chi connectivity index (χ4n) is 3.30. The van der Waals surface area contributed by atoms with Gasteiger partial charge in [-0.15, -0.1) is 11.3 Å². The van der Waals surface area contributed by atoms with E-state index in [1.165, 1.54) is 22.6 Å². The molecule has 0 fully saturated rings. The minimum absolute atomic E-state index is 0.0884. The van der Waals surface area contributed by atoms with Gasteiger partial charge < -0.3 is 5.32 Å². The monoisotopic (exact) mass is 331 g/mol. The first-order chi connectivity index (χ1) is 11.0. The van der Waals surface area contributed by atoms with Gasteiger partial charge in [0.1, 0.15) is 0 Å². The highest BCUT2D eigenvalue weighted by Crippen LogP contribution is 2.32. The molecule has 0 saturated carbocycles. The summed E-state index contributed by atoms with van der Waals surface area (Å²) in [5.41, 5.74) is 4.42. The maximum atomic E-state index is 12.4. The molecule has 1 atom stereocenters. The van der Waals surface area contributed by atoms with Crippen molar-refractivity contribution in [2.75, 3.05) is 6.54 Å². The van der Waals surface area contributed by atoms with E-state index < -0.39 is 0 Å². The molecule has 3 rings (SSSR count). The highest BCUT2D eigenvalue weighted by molar-refractivity contribution is 7.10. The molecule has 2 heterocycles. The zero-order valence-corrected chi connectivity index (χ0v) is 15.0. The van der Waals surface area contributed by atoms with Gasteiger partial charge in [0.2, 0.25) is 0 Å². The smallest absolute Gasteiger partial charge is 0.252 e. The Bertz CT molecular complexity index is 701. The molecule has 0 radical (unpaired) electrons. The van der Waals surface area contributed by atoms with E-state index in [4.69, 9.17) is 0 Å². The van der Waals surface area contributed by atoms with Crippen LogP contribution in [0.5, 0.6) is 0 Å². The van der Waals surface area contributed by atoms with Crippen LogP contribution in [0.15, 0.2) is 11.4 Å². The third-order valence-electron chi connectivity index (χ3n) is 4.58. The lowest BCUT2D eigenvalue weighted by Gasteiger charge is -2.18. The maximum absolute atomic E-state index is 12.4. The summed E-state index contributed by atoms with van der Waals surface area (Å²) in [6.45, 7) is 7.90. The predicted octanol–water partition coefficient (Wildman–Crippen LogP) is 3.51. The minimum Gasteiger partial charge on any atom is -0.352 e. The normalized spacial score (nSPS) is 17.1. The minimum atomic E-state index is 0.0884. The quantitative estimate of drug-likeness (QED) is 0.852. The summed E-state index contributed by atoms with van der Waals surface area (Å²) in [6, 6.07) is 2.08. The second-order valence-corrected chi connectivity index (χ2v) is 7.62. The average Bonchev–Trinajstić information content (AvgIpc) is 3.06. The van der Waals surface area contributed by atoms with Crippen molar-refractivity contribution in [3.63, 3.8) is 0 Å². The van der Waals surface area contributed by atoms with Gasteiger partial charge in [-0.25, -0.2) is 0 Å². The van der Waals surface area contributed by atoms with Crippen LogP contribution in [0.25, 0.3) is 0 Å². The van der Waals surface area contributed by atoms with Gasteiger partial charge in [-0.1, -0.05) is 6.92 Å². The van der Waals surface area contributed by atoms with Crippen molar-refractivity contribution in [3.05, 3.63) is 38.8 Å². The van der Waals surface area contributed by atoms with Gasteiger partial charge in [-0.3, -0.25) is 9.48 Å². The molecule has 1 aliphatic carbocycles. The number of thiophene rings is 1. The summed E-state index contributed by atoms with van der Waals surface area (Å²) in [5.74, 6) is 0.836. The van der Waals surface area contributed by atoms with Crippen molar-refractivity contribution >= 4 is 17.2 Å². The highest BCUT2D eigenvalue weighted by atomic mass is 32.1. The van der Waals surface area contributed by atoms with Crippen molar-refractivity contribution in [2.45, 2.75) is 53.0 Å². The SMILES string of the molecule is Cc1cc(C)n(CCCNC(=O)c2csc3c2CCC(C)C3)n1. The van der Waals surface area contributed by atoms with Gasteiger partial charge in [-0.2, -0.15) is 5.10 Å². The van der Waals surface area contributed by atoms with Crippen LogP contribution in [0, 0.1) is 19.8 Å². The number of aromatic nitrogens is 2. The molecule has 1 N–H and O–H groups in total. The summed E-state index contributed by atoms with van der Waals surface area (Å²) in [4.78, 5) is 13.8. The summed E-state index contributed by atoms with van der Waals surface area (Å²) in [6.07, 6.45) is 4.28. The molecule has 1 aliphatic rings. The molecular formula is C18H25N3OS. The van der Waals surface area contributed by atoms with Crippen LogP contribution in [0.3, 0.4) is 0 Å². The summed E-state index contributed by atoms with van der Waals surface area (Å²) in [7, 11) is 0. The van der Waals surface area contributed by atoms with Crippen molar-refractivity contribution in [2.24, 2.45) is 5.92 Å². The largest absolute Gasteiger partial charge is 0.352 e. The zero-order chi connectivity index (χ0) is 16.4. The molecule has 2 aromatic rings. The van der Waals surface area contributed by atoms with E-state index in [1.807, 2.05) is 17.0 Å². The summed E-state index contributed by atoms with van der Waals surface area (Å²) >= 11 is 1.75. The molecular weight excluding hydrogens is 306 g/mol. The van der Waals surface area contributed by atoms with Gasteiger partial charge in [0, 0.05) is 29.0 Å². The summed E-state index contributed by atoms with van der Waals surface area (Å²) < 4.78 is 2.01. The Kier molecular flexibility index (Phi) is 4.85. The van der Waals surface area contributed by atoms with Gasteiger partial charge in [-0.05, 0) is 57.1 Å². The van der Waals surface area contributed by atoms with Gasteiger partial charge >= 0.3 is 0 Å². The molecule has 0 aliphatic heterocycles. The molecule has 2 aromatic heterocycles. The Morgan fingerprint density at radius 1 is 1.48 bits per heavy atom. The van der Waals surface area contributed by atoms with Crippen LogP contribution >= 0.6 is 11.3 Å². The van der Waals surface area contributed by atoms with Crippen LogP contribution in [0.1, 0.15) is 52.0 Å². The predicted molar refractivity (Wildman–Crippen MR) is 94.2 cm³/mol. The Morgan fingerprint density at radius 2 is 2.30 bits per heavy atom. The Morgan fingerprint density at radius 3 is 3.04 bits per heavy atom. The van der Waals surface area contributed by atoms with Crippen molar-refractivity contribution in [1.29, 1.82) is 0 Å². The molecule has 0 aromatic carbocycles. The van der Waals surface area contributed by atoms with Crippen LogP contribution in [-0.4, -0.2) is 22.2 Å². The third-order valence-corrected chi connectivity index (χ3v) is 5.63. The van der Waals surface area contributed by atoms with Gasteiger partial charge in [0.05, 0.1) is 11.3 Å². The first-order valence-electron chi connectivity index (χ1n) is 8.43. The number of nitrogens with zero attached hydrogens (tertiary/aromatic N) is 2. The number of hydrogen-bond acceptors (Lipinski definition) is 3. The number of rotatable bonds is 5. The molecule has 1 amide bonds. The zero-order valence-electron chi connectivity index (χ0n) is 14.2. The Hall–Kier alpha value is -1.62. The first-order valence-corrected chi connectivity index (χ1v) is 9.31. The number of carbonyl (C=O) groups excluding carboxylic acids is 1. The average molecular weight is 331 g/mol. The number of aryl methyl sites for hydroxylation is 3. The van der Waals surface area contributed by atoms with Crippen LogP contribution < -0.4 is 5.32 Å². The van der Waals surface area contributed by atoms with E-state index in [9.17, 15) is 4.79 Å². The molecule has 124 valence electrons. The fourth-order valence-corrected chi connectivity index (χ4v) is 4.54. The molecule has 4 nitrogen and oxygen atoms in total.